The topological polar surface area (TPSA) is 82.6 Å². The van der Waals surface area contributed by atoms with Crippen molar-refractivity contribution in [1.82, 2.24) is 15.4 Å². The molecule has 25 heavy (non-hydrogen) atoms. The minimum Gasteiger partial charge on any atom is -0.357 e. The Bertz CT molecular complexity index is 691. The Morgan fingerprint density at radius 3 is 2.56 bits per heavy atom. The first kappa shape index (κ1) is 19.7. The summed E-state index contributed by atoms with van der Waals surface area (Å²) in [7, 11) is -2.01. The minimum absolute atomic E-state index is 0.264. The van der Waals surface area contributed by atoms with Gasteiger partial charge in [-0.1, -0.05) is 25.5 Å². The van der Waals surface area contributed by atoms with Gasteiger partial charge >= 0.3 is 0 Å². The van der Waals surface area contributed by atoms with E-state index in [1.807, 2.05) is 13.0 Å². The van der Waals surface area contributed by atoms with E-state index in [1.165, 1.54) is 32.7 Å². The van der Waals surface area contributed by atoms with Crippen molar-refractivity contribution >= 4 is 16.0 Å². The Balaban J connectivity index is 2.04. The second-order valence-electron chi connectivity index (χ2n) is 6.61. The normalized spacial score (nSPS) is 17.0. The van der Waals surface area contributed by atoms with Crippen molar-refractivity contribution in [3.8, 4) is 0 Å². The molecular weight excluding hydrogens is 336 g/mol. The Morgan fingerprint density at radius 2 is 2.00 bits per heavy atom. The number of rotatable bonds is 8. The fourth-order valence-corrected chi connectivity index (χ4v) is 3.84. The van der Waals surface area contributed by atoms with Crippen LogP contribution in [-0.4, -0.2) is 34.5 Å². The van der Waals surface area contributed by atoms with Crippen LogP contribution in [0.25, 0.3) is 0 Å². The molecule has 0 heterocycles. The van der Waals surface area contributed by atoms with Crippen LogP contribution in [0.15, 0.2) is 34.2 Å². The molecule has 1 aromatic rings. The molecule has 0 bridgehead atoms. The summed E-state index contributed by atoms with van der Waals surface area (Å²) in [5.74, 6) is 0.782. The van der Waals surface area contributed by atoms with Gasteiger partial charge < -0.3 is 10.6 Å². The van der Waals surface area contributed by atoms with Crippen molar-refractivity contribution in [3.05, 3.63) is 29.8 Å². The summed E-state index contributed by atoms with van der Waals surface area (Å²) in [5, 5.41) is 6.71. The molecule has 3 N–H and O–H groups in total. The zero-order chi connectivity index (χ0) is 18.3. The molecule has 0 radical (unpaired) electrons. The predicted molar refractivity (Wildman–Crippen MR) is 102 cm³/mol. The fourth-order valence-electron chi connectivity index (χ4n) is 3.04. The predicted octanol–water partition coefficient (Wildman–Crippen LogP) is 2.23. The standard InChI is InChI=1S/C18H30N4O2S/c1-4-18(10-7-11-18)14-22-17(20-5-2)21-13-15-8-6-9-16(12-15)25(23,24)19-3/h6,8-9,12,19H,4-5,7,10-11,13-14H2,1-3H3,(H2,20,21,22). The summed E-state index contributed by atoms with van der Waals surface area (Å²) in [5.41, 5.74) is 1.28. The lowest BCUT2D eigenvalue weighted by Crippen LogP contribution is -2.46. The molecule has 1 aliphatic rings. The van der Waals surface area contributed by atoms with Gasteiger partial charge in [-0.3, -0.25) is 0 Å². The van der Waals surface area contributed by atoms with Gasteiger partial charge in [0, 0.05) is 13.1 Å². The molecule has 0 saturated heterocycles. The highest BCUT2D eigenvalue weighted by Crippen LogP contribution is 2.42. The van der Waals surface area contributed by atoms with Gasteiger partial charge in [0.2, 0.25) is 10.0 Å². The summed E-state index contributed by atoms with van der Waals surface area (Å²) < 4.78 is 26.2. The SMILES string of the molecule is CCNC(=NCc1cccc(S(=O)(=O)NC)c1)NCC1(CC)CCC1. The average molecular weight is 367 g/mol. The lowest BCUT2D eigenvalue weighted by Gasteiger charge is -2.41. The van der Waals surface area contributed by atoms with E-state index >= 15 is 0 Å². The Morgan fingerprint density at radius 1 is 1.24 bits per heavy atom. The zero-order valence-corrected chi connectivity index (χ0v) is 16.2. The van der Waals surface area contributed by atoms with Crippen molar-refractivity contribution < 1.29 is 8.42 Å². The van der Waals surface area contributed by atoms with Gasteiger partial charge in [-0.15, -0.1) is 0 Å². The Kier molecular flexibility index (Phi) is 6.84. The van der Waals surface area contributed by atoms with Crippen LogP contribution in [0.4, 0.5) is 0 Å². The fraction of sp³-hybridized carbons (Fsp3) is 0.611. The number of guanidine groups is 1. The maximum atomic E-state index is 11.9. The second-order valence-corrected chi connectivity index (χ2v) is 8.50. The molecule has 0 aliphatic heterocycles. The van der Waals surface area contributed by atoms with Gasteiger partial charge in [0.25, 0.3) is 0 Å². The van der Waals surface area contributed by atoms with Gasteiger partial charge in [0.15, 0.2) is 5.96 Å². The van der Waals surface area contributed by atoms with Crippen molar-refractivity contribution in [3.63, 3.8) is 0 Å². The van der Waals surface area contributed by atoms with Gasteiger partial charge in [-0.25, -0.2) is 18.1 Å². The van der Waals surface area contributed by atoms with Crippen LogP contribution < -0.4 is 15.4 Å². The molecule has 140 valence electrons. The third-order valence-electron chi connectivity index (χ3n) is 5.04. The monoisotopic (exact) mass is 366 g/mol. The molecule has 0 aromatic heterocycles. The van der Waals surface area contributed by atoms with E-state index in [1.54, 1.807) is 18.2 Å². The van der Waals surface area contributed by atoms with E-state index in [9.17, 15) is 8.42 Å². The number of aliphatic imine (C=N–C) groups is 1. The van der Waals surface area contributed by atoms with Gasteiger partial charge in [0.1, 0.15) is 0 Å². The van der Waals surface area contributed by atoms with Crippen molar-refractivity contribution in [1.29, 1.82) is 0 Å². The second kappa shape index (κ2) is 8.67. The summed E-state index contributed by atoms with van der Waals surface area (Å²) in [6.45, 7) is 6.44. The third kappa shape index (κ3) is 5.19. The molecule has 0 unspecified atom stereocenters. The van der Waals surface area contributed by atoms with Crippen LogP contribution in [0.1, 0.15) is 45.1 Å². The molecule has 1 saturated carbocycles. The third-order valence-corrected chi connectivity index (χ3v) is 6.45. The van der Waals surface area contributed by atoms with Crippen LogP contribution in [0.3, 0.4) is 0 Å². The van der Waals surface area contributed by atoms with Crippen LogP contribution >= 0.6 is 0 Å². The molecule has 0 spiro atoms. The molecule has 7 heteroatoms. The summed E-state index contributed by atoms with van der Waals surface area (Å²) in [4.78, 5) is 4.87. The number of nitrogens with zero attached hydrogens (tertiary/aromatic N) is 1. The van der Waals surface area contributed by atoms with Crippen LogP contribution in [-0.2, 0) is 16.6 Å². The molecule has 1 aliphatic carbocycles. The molecule has 6 nitrogen and oxygen atoms in total. The van der Waals surface area contributed by atoms with E-state index in [-0.39, 0.29) is 4.90 Å². The molecule has 1 aromatic carbocycles. The highest BCUT2D eigenvalue weighted by atomic mass is 32.2. The Labute approximate surface area is 151 Å². The molecule has 1 fully saturated rings. The first-order chi connectivity index (χ1) is 11.9. The minimum atomic E-state index is -3.43. The van der Waals surface area contributed by atoms with Crippen molar-refractivity contribution in [2.75, 3.05) is 20.1 Å². The Hall–Kier alpha value is -1.60. The molecule has 2 rings (SSSR count). The number of sulfonamides is 1. The van der Waals surface area contributed by atoms with Gasteiger partial charge in [-0.05, 0) is 56.3 Å². The average Bonchev–Trinajstić information content (AvgIpc) is 2.59. The van der Waals surface area contributed by atoms with E-state index in [0.29, 0.717) is 12.0 Å². The summed E-state index contributed by atoms with van der Waals surface area (Å²) in [6, 6.07) is 6.89. The summed E-state index contributed by atoms with van der Waals surface area (Å²) >= 11 is 0. The largest absolute Gasteiger partial charge is 0.357 e. The smallest absolute Gasteiger partial charge is 0.240 e. The zero-order valence-electron chi connectivity index (χ0n) is 15.4. The number of hydrogen-bond acceptors (Lipinski definition) is 3. The first-order valence-electron chi connectivity index (χ1n) is 8.99. The van der Waals surface area contributed by atoms with Crippen molar-refractivity contribution in [2.45, 2.75) is 51.0 Å². The van der Waals surface area contributed by atoms with Crippen LogP contribution in [0.5, 0.6) is 0 Å². The lowest BCUT2D eigenvalue weighted by atomic mass is 9.67. The van der Waals surface area contributed by atoms with Crippen LogP contribution in [0, 0.1) is 5.41 Å². The quantitative estimate of drug-likeness (QED) is 0.487. The van der Waals surface area contributed by atoms with E-state index in [4.69, 9.17) is 0 Å². The molecular formula is C18H30N4O2S. The summed E-state index contributed by atoms with van der Waals surface area (Å²) in [6.07, 6.45) is 5.05. The highest BCUT2D eigenvalue weighted by molar-refractivity contribution is 7.89. The van der Waals surface area contributed by atoms with Gasteiger partial charge in [-0.2, -0.15) is 0 Å². The molecule has 0 amide bonds. The van der Waals surface area contributed by atoms with Crippen LogP contribution in [0.2, 0.25) is 0 Å². The number of nitrogens with one attached hydrogen (secondary N) is 3. The first-order valence-corrected chi connectivity index (χ1v) is 10.5. The van der Waals surface area contributed by atoms with E-state index in [2.05, 4.69) is 27.3 Å². The lowest BCUT2D eigenvalue weighted by molar-refractivity contribution is 0.131. The van der Waals surface area contributed by atoms with E-state index in [0.717, 1.165) is 24.6 Å². The number of hydrogen-bond donors (Lipinski definition) is 3. The maximum absolute atomic E-state index is 11.9. The number of benzene rings is 1. The maximum Gasteiger partial charge on any atom is 0.240 e. The van der Waals surface area contributed by atoms with E-state index < -0.39 is 10.0 Å². The van der Waals surface area contributed by atoms with Crippen molar-refractivity contribution in [2.24, 2.45) is 10.4 Å². The molecule has 0 atom stereocenters. The van der Waals surface area contributed by atoms with Gasteiger partial charge in [0.05, 0.1) is 11.4 Å². The highest BCUT2D eigenvalue weighted by Gasteiger charge is 2.34.